The second kappa shape index (κ2) is 3.23. The van der Waals surface area contributed by atoms with Gasteiger partial charge in [0.15, 0.2) is 0 Å². The van der Waals surface area contributed by atoms with E-state index in [4.69, 9.17) is 10.5 Å². The van der Waals surface area contributed by atoms with Gasteiger partial charge in [0.1, 0.15) is 12.4 Å². The van der Waals surface area contributed by atoms with Crippen LogP contribution in [0.25, 0.3) is 6.08 Å². The van der Waals surface area contributed by atoms with Gasteiger partial charge in [0.05, 0.1) is 0 Å². The second-order valence-corrected chi connectivity index (χ2v) is 3.34. The number of hydrogen-bond donors (Lipinski definition) is 1. The molecule has 0 fully saturated rings. The van der Waals surface area contributed by atoms with Gasteiger partial charge in [0.25, 0.3) is 0 Å². The molecule has 0 aromatic heterocycles. The Morgan fingerprint density at radius 3 is 3.08 bits per heavy atom. The first-order valence-corrected chi connectivity index (χ1v) is 4.42. The number of ether oxygens (including phenoxy) is 1. The minimum absolute atomic E-state index is 0.577. The zero-order valence-electron chi connectivity index (χ0n) is 7.71. The maximum Gasteiger partial charge on any atom is 0.127 e. The Labute approximate surface area is 78.0 Å². The van der Waals surface area contributed by atoms with Crippen molar-refractivity contribution in [3.63, 3.8) is 0 Å². The first-order valence-electron chi connectivity index (χ1n) is 4.42. The van der Waals surface area contributed by atoms with Crippen molar-refractivity contribution >= 4 is 6.08 Å². The summed E-state index contributed by atoms with van der Waals surface area (Å²) in [4.78, 5) is 0. The lowest BCUT2D eigenvalue weighted by atomic mass is 10.1. The van der Waals surface area contributed by atoms with Crippen molar-refractivity contribution in [3.8, 4) is 5.75 Å². The van der Waals surface area contributed by atoms with Gasteiger partial charge in [-0.2, -0.15) is 0 Å². The van der Waals surface area contributed by atoms with Crippen LogP contribution in [0.5, 0.6) is 5.75 Å². The van der Waals surface area contributed by atoms with Crippen LogP contribution in [0.15, 0.2) is 23.8 Å². The lowest BCUT2D eigenvalue weighted by molar-refractivity contribution is 0.345. The largest absolute Gasteiger partial charge is 0.489 e. The van der Waals surface area contributed by atoms with E-state index in [0.29, 0.717) is 13.2 Å². The Hall–Kier alpha value is -1.28. The molecular formula is C11H13NO. The molecule has 0 amide bonds. The molecule has 0 aliphatic carbocycles. The number of nitrogens with two attached hydrogens (primary N) is 1. The highest BCUT2D eigenvalue weighted by Crippen LogP contribution is 2.26. The van der Waals surface area contributed by atoms with Crippen LogP contribution in [-0.2, 0) is 0 Å². The minimum Gasteiger partial charge on any atom is -0.489 e. The van der Waals surface area contributed by atoms with Crippen LogP contribution in [0.3, 0.4) is 0 Å². The fourth-order valence-corrected chi connectivity index (χ4v) is 1.46. The Morgan fingerprint density at radius 1 is 1.46 bits per heavy atom. The van der Waals surface area contributed by atoms with Gasteiger partial charge in [-0.05, 0) is 30.7 Å². The van der Waals surface area contributed by atoms with Crippen LogP contribution in [0.2, 0.25) is 0 Å². The van der Waals surface area contributed by atoms with Gasteiger partial charge in [-0.25, -0.2) is 0 Å². The lowest BCUT2D eigenvalue weighted by Gasteiger charge is -2.17. The van der Waals surface area contributed by atoms with Crippen LogP contribution in [0, 0.1) is 6.92 Å². The van der Waals surface area contributed by atoms with Crippen molar-refractivity contribution in [2.75, 3.05) is 13.2 Å². The smallest absolute Gasteiger partial charge is 0.127 e. The summed E-state index contributed by atoms with van der Waals surface area (Å²) in [5.41, 5.74) is 9.09. The molecule has 0 bridgehead atoms. The summed E-state index contributed by atoms with van der Waals surface area (Å²) in [5.74, 6) is 0.961. The molecule has 2 N–H and O–H groups in total. The number of aryl methyl sites for hydroxylation is 1. The predicted molar refractivity (Wildman–Crippen MR) is 53.7 cm³/mol. The van der Waals surface area contributed by atoms with Crippen molar-refractivity contribution in [2.45, 2.75) is 6.92 Å². The van der Waals surface area contributed by atoms with Gasteiger partial charge in [0, 0.05) is 12.1 Å². The molecule has 2 rings (SSSR count). The molecule has 2 nitrogen and oxygen atoms in total. The molecule has 13 heavy (non-hydrogen) atoms. The van der Waals surface area contributed by atoms with Crippen LogP contribution in [-0.4, -0.2) is 13.2 Å². The first-order chi connectivity index (χ1) is 6.29. The minimum atomic E-state index is 0.577. The molecule has 1 heterocycles. The lowest BCUT2D eigenvalue weighted by Crippen LogP contribution is -2.14. The third kappa shape index (κ3) is 1.58. The Bertz CT molecular complexity index is 355. The number of fused-ring (bicyclic) bond motifs is 1. The molecule has 1 aliphatic rings. The zero-order valence-corrected chi connectivity index (χ0v) is 7.71. The van der Waals surface area contributed by atoms with E-state index in [9.17, 15) is 0 Å². The summed E-state index contributed by atoms with van der Waals surface area (Å²) in [6.07, 6.45) is 2.12. The van der Waals surface area contributed by atoms with Gasteiger partial charge < -0.3 is 10.5 Å². The molecular weight excluding hydrogens is 162 g/mol. The second-order valence-electron chi connectivity index (χ2n) is 3.34. The van der Waals surface area contributed by atoms with Crippen LogP contribution in [0.4, 0.5) is 0 Å². The highest BCUT2D eigenvalue weighted by molar-refractivity contribution is 5.63. The number of rotatable bonds is 1. The summed E-state index contributed by atoms with van der Waals surface area (Å²) in [6, 6.07) is 6.18. The maximum absolute atomic E-state index is 5.55. The molecule has 2 heteroatoms. The quantitative estimate of drug-likeness (QED) is 0.705. The fraction of sp³-hybridized carbons (Fsp3) is 0.273. The van der Waals surface area contributed by atoms with Gasteiger partial charge in [-0.15, -0.1) is 0 Å². The summed E-state index contributed by atoms with van der Waals surface area (Å²) < 4.78 is 5.53. The summed E-state index contributed by atoms with van der Waals surface area (Å²) >= 11 is 0. The molecule has 0 atom stereocenters. The van der Waals surface area contributed by atoms with Crippen LogP contribution >= 0.6 is 0 Å². The normalized spacial score (nSPS) is 14.5. The first kappa shape index (κ1) is 8.32. The molecule has 0 saturated carbocycles. The average Bonchev–Trinajstić information content (AvgIpc) is 2.16. The third-order valence-corrected chi connectivity index (χ3v) is 2.20. The summed E-state index contributed by atoms with van der Waals surface area (Å²) in [6.45, 7) is 3.28. The number of benzene rings is 1. The van der Waals surface area contributed by atoms with Gasteiger partial charge in [-0.1, -0.05) is 11.6 Å². The zero-order chi connectivity index (χ0) is 9.26. The average molecular weight is 175 g/mol. The van der Waals surface area contributed by atoms with Crippen LogP contribution in [0.1, 0.15) is 11.1 Å². The van der Waals surface area contributed by atoms with Gasteiger partial charge >= 0.3 is 0 Å². The van der Waals surface area contributed by atoms with E-state index in [0.717, 1.165) is 16.9 Å². The standard InChI is InChI=1S/C11H13NO/c1-8-2-3-11-10(4-8)5-9(6-12)7-13-11/h2-5H,6-7,12H2,1H3. The summed E-state index contributed by atoms with van der Waals surface area (Å²) in [5, 5.41) is 0. The summed E-state index contributed by atoms with van der Waals surface area (Å²) in [7, 11) is 0. The highest BCUT2D eigenvalue weighted by Gasteiger charge is 2.09. The fourth-order valence-electron chi connectivity index (χ4n) is 1.46. The van der Waals surface area contributed by atoms with Crippen molar-refractivity contribution in [1.29, 1.82) is 0 Å². The Kier molecular flexibility index (Phi) is 2.07. The third-order valence-electron chi connectivity index (χ3n) is 2.20. The topological polar surface area (TPSA) is 35.2 Å². The van der Waals surface area contributed by atoms with E-state index in [1.807, 2.05) is 6.07 Å². The van der Waals surface area contributed by atoms with E-state index >= 15 is 0 Å². The van der Waals surface area contributed by atoms with E-state index in [1.54, 1.807) is 0 Å². The van der Waals surface area contributed by atoms with Crippen molar-refractivity contribution in [1.82, 2.24) is 0 Å². The van der Waals surface area contributed by atoms with E-state index in [2.05, 4.69) is 25.1 Å². The predicted octanol–water partition coefficient (Wildman–Crippen LogP) is 1.73. The van der Waals surface area contributed by atoms with E-state index < -0.39 is 0 Å². The van der Waals surface area contributed by atoms with E-state index in [1.165, 1.54) is 5.56 Å². The van der Waals surface area contributed by atoms with Crippen molar-refractivity contribution in [3.05, 3.63) is 34.9 Å². The maximum atomic E-state index is 5.55. The molecule has 0 spiro atoms. The Morgan fingerprint density at radius 2 is 2.31 bits per heavy atom. The number of hydrogen-bond acceptors (Lipinski definition) is 2. The van der Waals surface area contributed by atoms with E-state index in [-0.39, 0.29) is 0 Å². The molecule has 0 saturated heterocycles. The SMILES string of the molecule is Cc1ccc2c(c1)C=C(CN)CO2. The van der Waals surface area contributed by atoms with Gasteiger partial charge in [-0.3, -0.25) is 0 Å². The molecule has 0 unspecified atom stereocenters. The monoisotopic (exact) mass is 175 g/mol. The van der Waals surface area contributed by atoms with Crippen molar-refractivity contribution in [2.24, 2.45) is 5.73 Å². The molecule has 1 aliphatic heterocycles. The van der Waals surface area contributed by atoms with Crippen molar-refractivity contribution < 1.29 is 4.74 Å². The molecule has 0 radical (unpaired) electrons. The molecule has 68 valence electrons. The highest BCUT2D eigenvalue weighted by atomic mass is 16.5. The Balaban J connectivity index is 2.44. The van der Waals surface area contributed by atoms with Gasteiger partial charge in [0.2, 0.25) is 0 Å². The van der Waals surface area contributed by atoms with Crippen LogP contribution < -0.4 is 10.5 Å². The molecule has 1 aromatic carbocycles. The molecule has 1 aromatic rings.